The van der Waals surface area contributed by atoms with Crippen molar-refractivity contribution in [2.24, 2.45) is 0 Å². The fraction of sp³-hybridized carbons (Fsp3) is 0.200. The van der Waals surface area contributed by atoms with E-state index in [1.807, 2.05) is 0 Å². The van der Waals surface area contributed by atoms with Gasteiger partial charge in [-0.3, -0.25) is 0 Å². The van der Waals surface area contributed by atoms with Crippen LogP contribution in [0.25, 0.3) is 0 Å². The van der Waals surface area contributed by atoms with Crippen LogP contribution < -0.4 is 4.72 Å². The van der Waals surface area contributed by atoms with Gasteiger partial charge in [0.1, 0.15) is 0 Å². The van der Waals surface area contributed by atoms with Crippen molar-refractivity contribution in [3.05, 3.63) is 63.6 Å². The van der Waals surface area contributed by atoms with E-state index in [4.69, 9.17) is 23.2 Å². The monoisotopic (exact) mass is 397 g/mol. The zero-order valence-electron chi connectivity index (χ0n) is 12.1. The smallest absolute Gasteiger partial charge is 0.211 e. The van der Waals surface area contributed by atoms with Crippen LogP contribution in [0.4, 0.5) is 13.2 Å². The second-order valence-electron chi connectivity index (χ2n) is 4.87. The van der Waals surface area contributed by atoms with E-state index in [1.165, 1.54) is 0 Å². The third kappa shape index (κ3) is 4.63. The van der Waals surface area contributed by atoms with Crippen LogP contribution in [0.3, 0.4) is 0 Å². The highest BCUT2D eigenvalue weighted by Gasteiger charge is 2.30. The van der Waals surface area contributed by atoms with E-state index >= 15 is 0 Å². The highest BCUT2D eigenvalue weighted by Crippen LogP contribution is 2.29. The van der Waals surface area contributed by atoms with Gasteiger partial charge in [-0.15, -0.1) is 0 Å². The second kappa shape index (κ2) is 7.31. The Balaban J connectivity index is 2.06. The first-order valence-electron chi connectivity index (χ1n) is 6.71. The lowest BCUT2D eigenvalue weighted by Gasteiger charge is -2.10. The summed E-state index contributed by atoms with van der Waals surface area (Å²) < 4.78 is 64.0. The fourth-order valence-electron chi connectivity index (χ4n) is 1.99. The molecule has 0 aliphatic heterocycles. The molecule has 2 rings (SSSR count). The Hall–Kier alpha value is -1.28. The molecule has 2 aromatic rings. The normalized spacial score (nSPS) is 12.4. The highest BCUT2D eigenvalue weighted by molar-refractivity contribution is 7.89. The van der Waals surface area contributed by atoms with E-state index in [9.17, 15) is 21.6 Å². The molecule has 0 aliphatic rings. The number of hydrogen-bond acceptors (Lipinski definition) is 2. The van der Waals surface area contributed by atoms with Crippen LogP contribution in [0.15, 0.2) is 47.4 Å². The van der Waals surface area contributed by atoms with Gasteiger partial charge in [0.15, 0.2) is 0 Å². The first kappa shape index (κ1) is 19.1. The van der Waals surface area contributed by atoms with Gasteiger partial charge in [-0.05, 0) is 48.4 Å². The van der Waals surface area contributed by atoms with Crippen LogP contribution >= 0.6 is 23.2 Å². The molecule has 0 bridgehead atoms. The topological polar surface area (TPSA) is 46.2 Å². The number of benzene rings is 2. The molecule has 3 nitrogen and oxygen atoms in total. The third-order valence-corrected chi connectivity index (χ3v) is 5.41. The molecule has 0 fully saturated rings. The zero-order chi connectivity index (χ0) is 18.0. The lowest BCUT2D eigenvalue weighted by Crippen LogP contribution is -2.26. The first-order chi connectivity index (χ1) is 11.1. The standard InChI is InChI=1S/C15H12Cl2F3NO2S/c16-13-2-1-3-14(17)12(13)8-9-21-24(22,23)11-6-4-10(5-7-11)15(18,19)20/h1-7,21H,8-9H2. The summed E-state index contributed by atoms with van der Waals surface area (Å²) in [6, 6.07) is 8.20. The Morgan fingerprint density at radius 2 is 1.50 bits per heavy atom. The zero-order valence-corrected chi connectivity index (χ0v) is 14.4. The van der Waals surface area contributed by atoms with Gasteiger partial charge in [-0.1, -0.05) is 29.3 Å². The Bertz CT molecular complexity index is 801. The van der Waals surface area contributed by atoms with Crippen LogP contribution in [0.2, 0.25) is 10.0 Å². The van der Waals surface area contributed by atoms with Crippen LogP contribution in [0.5, 0.6) is 0 Å². The van der Waals surface area contributed by atoms with Crippen molar-refractivity contribution in [1.82, 2.24) is 4.72 Å². The number of nitrogens with one attached hydrogen (secondary N) is 1. The van der Waals surface area contributed by atoms with Crippen molar-refractivity contribution in [2.75, 3.05) is 6.54 Å². The van der Waals surface area contributed by atoms with Gasteiger partial charge >= 0.3 is 6.18 Å². The summed E-state index contributed by atoms with van der Waals surface area (Å²) in [5, 5.41) is 0.826. The predicted molar refractivity (Wildman–Crippen MR) is 86.8 cm³/mol. The van der Waals surface area contributed by atoms with Crippen molar-refractivity contribution in [2.45, 2.75) is 17.5 Å². The molecular weight excluding hydrogens is 386 g/mol. The average Bonchev–Trinajstić information content (AvgIpc) is 2.49. The fourth-order valence-corrected chi connectivity index (χ4v) is 3.61. The van der Waals surface area contributed by atoms with Crippen LogP contribution in [0, 0.1) is 0 Å². The minimum Gasteiger partial charge on any atom is -0.211 e. The molecule has 0 spiro atoms. The number of alkyl halides is 3. The maximum Gasteiger partial charge on any atom is 0.416 e. The molecular formula is C15H12Cl2F3NO2S. The number of sulfonamides is 1. The molecule has 2 aromatic carbocycles. The molecule has 0 aromatic heterocycles. The van der Waals surface area contributed by atoms with Crippen molar-refractivity contribution < 1.29 is 21.6 Å². The molecule has 1 N–H and O–H groups in total. The SMILES string of the molecule is O=S(=O)(NCCc1c(Cl)cccc1Cl)c1ccc(C(F)(F)F)cc1. The van der Waals surface area contributed by atoms with Gasteiger partial charge in [-0.2, -0.15) is 13.2 Å². The van der Waals surface area contributed by atoms with E-state index in [-0.39, 0.29) is 17.9 Å². The summed E-state index contributed by atoms with van der Waals surface area (Å²) in [6.45, 7) is 0.00675. The Morgan fingerprint density at radius 3 is 2.00 bits per heavy atom. The van der Waals surface area contributed by atoms with Gasteiger partial charge in [-0.25, -0.2) is 13.1 Å². The number of halogens is 5. The predicted octanol–water partition coefficient (Wildman–Crippen LogP) is 4.53. The van der Waals surface area contributed by atoms with Gasteiger partial charge in [0.25, 0.3) is 0 Å². The summed E-state index contributed by atoms with van der Waals surface area (Å²) in [5.74, 6) is 0. The summed E-state index contributed by atoms with van der Waals surface area (Å²) in [4.78, 5) is -0.249. The molecule has 0 saturated heterocycles. The maximum absolute atomic E-state index is 12.5. The molecule has 0 saturated carbocycles. The van der Waals surface area contributed by atoms with Gasteiger partial charge in [0.2, 0.25) is 10.0 Å². The van der Waals surface area contributed by atoms with Gasteiger partial charge in [0.05, 0.1) is 10.5 Å². The van der Waals surface area contributed by atoms with Gasteiger partial charge in [0, 0.05) is 16.6 Å². The van der Waals surface area contributed by atoms with E-state index in [1.54, 1.807) is 18.2 Å². The molecule has 0 unspecified atom stereocenters. The summed E-state index contributed by atoms with van der Waals surface area (Å²) >= 11 is 12.0. The highest BCUT2D eigenvalue weighted by atomic mass is 35.5. The number of rotatable bonds is 5. The van der Waals surface area contributed by atoms with E-state index in [0.717, 1.165) is 24.3 Å². The van der Waals surface area contributed by atoms with Crippen molar-refractivity contribution in [1.29, 1.82) is 0 Å². The molecule has 130 valence electrons. The molecule has 0 atom stereocenters. The summed E-state index contributed by atoms with van der Waals surface area (Å²) in [5.41, 5.74) is -0.319. The quantitative estimate of drug-likeness (QED) is 0.805. The molecule has 24 heavy (non-hydrogen) atoms. The maximum atomic E-state index is 12.5. The molecule has 0 amide bonds. The minimum atomic E-state index is -4.52. The molecule has 0 aliphatic carbocycles. The average molecular weight is 398 g/mol. The number of hydrogen-bond donors (Lipinski definition) is 1. The van der Waals surface area contributed by atoms with E-state index < -0.39 is 21.8 Å². The molecule has 0 radical (unpaired) electrons. The van der Waals surface area contributed by atoms with Crippen LogP contribution in [-0.4, -0.2) is 15.0 Å². The van der Waals surface area contributed by atoms with Crippen molar-refractivity contribution in [3.8, 4) is 0 Å². The third-order valence-electron chi connectivity index (χ3n) is 3.22. The van der Waals surface area contributed by atoms with E-state index in [2.05, 4.69) is 4.72 Å². The Labute approximate surface area is 147 Å². The lowest BCUT2D eigenvalue weighted by molar-refractivity contribution is -0.137. The summed E-state index contributed by atoms with van der Waals surface area (Å²) in [6.07, 6.45) is -4.27. The van der Waals surface area contributed by atoms with Crippen molar-refractivity contribution >= 4 is 33.2 Å². The second-order valence-corrected chi connectivity index (χ2v) is 7.45. The van der Waals surface area contributed by atoms with Crippen LogP contribution in [0.1, 0.15) is 11.1 Å². The largest absolute Gasteiger partial charge is 0.416 e. The summed E-state index contributed by atoms with van der Waals surface area (Å²) in [7, 11) is -3.92. The lowest BCUT2D eigenvalue weighted by atomic mass is 10.1. The molecule has 0 heterocycles. The first-order valence-corrected chi connectivity index (χ1v) is 8.95. The van der Waals surface area contributed by atoms with Crippen molar-refractivity contribution in [3.63, 3.8) is 0 Å². The van der Waals surface area contributed by atoms with E-state index in [0.29, 0.717) is 15.6 Å². The molecule has 9 heteroatoms. The Kier molecular flexibility index (Phi) is 5.80. The Morgan fingerprint density at radius 1 is 0.958 bits per heavy atom. The van der Waals surface area contributed by atoms with Gasteiger partial charge < -0.3 is 0 Å². The minimum absolute atomic E-state index is 0.00675. The van der Waals surface area contributed by atoms with Crippen LogP contribution in [-0.2, 0) is 22.6 Å².